The van der Waals surface area contributed by atoms with E-state index in [4.69, 9.17) is 9.47 Å². The summed E-state index contributed by atoms with van der Waals surface area (Å²) in [4.78, 5) is 14.5. The zero-order valence-electron chi connectivity index (χ0n) is 15.5. The fourth-order valence-electron chi connectivity index (χ4n) is 3.82. The fourth-order valence-corrected chi connectivity index (χ4v) is 3.82. The Hall–Kier alpha value is -2.53. The number of rotatable bonds is 6. The molecule has 1 atom stereocenters. The maximum atomic E-state index is 12.3. The number of amides is 1. The normalized spacial score (nSPS) is 19.0. The van der Waals surface area contributed by atoms with Crippen LogP contribution in [0.15, 0.2) is 48.5 Å². The SMILES string of the molecule is O=C(CN1CC[C@H](c2ccccc2)C1)NCCc1ccc2c(c1)OCCO2. The number of nitrogens with zero attached hydrogens (tertiary/aromatic N) is 1. The second-order valence-electron chi connectivity index (χ2n) is 7.21. The van der Waals surface area contributed by atoms with Gasteiger partial charge in [-0.25, -0.2) is 0 Å². The number of benzene rings is 2. The van der Waals surface area contributed by atoms with Crippen molar-refractivity contribution in [3.8, 4) is 11.5 Å². The molecule has 1 amide bonds. The van der Waals surface area contributed by atoms with Gasteiger partial charge in [-0.15, -0.1) is 0 Å². The molecule has 5 heteroatoms. The predicted molar refractivity (Wildman–Crippen MR) is 104 cm³/mol. The fraction of sp³-hybridized carbons (Fsp3) is 0.409. The maximum absolute atomic E-state index is 12.3. The average Bonchev–Trinajstić information content (AvgIpc) is 3.17. The van der Waals surface area contributed by atoms with Crippen LogP contribution in [0.4, 0.5) is 0 Å². The minimum atomic E-state index is 0.0984. The van der Waals surface area contributed by atoms with E-state index in [-0.39, 0.29) is 5.91 Å². The number of likely N-dealkylation sites (tertiary alicyclic amines) is 1. The van der Waals surface area contributed by atoms with Crippen LogP contribution < -0.4 is 14.8 Å². The van der Waals surface area contributed by atoms with Gasteiger partial charge in [-0.1, -0.05) is 36.4 Å². The maximum Gasteiger partial charge on any atom is 0.234 e. The van der Waals surface area contributed by atoms with Crippen molar-refractivity contribution in [2.75, 3.05) is 39.4 Å². The highest BCUT2D eigenvalue weighted by Crippen LogP contribution is 2.30. The molecule has 0 saturated carbocycles. The van der Waals surface area contributed by atoms with Gasteiger partial charge in [0.25, 0.3) is 0 Å². The third kappa shape index (κ3) is 4.61. The number of nitrogens with one attached hydrogen (secondary N) is 1. The molecule has 5 nitrogen and oxygen atoms in total. The van der Waals surface area contributed by atoms with Crippen molar-refractivity contribution in [2.45, 2.75) is 18.8 Å². The third-order valence-corrected chi connectivity index (χ3v) is 5.25. The number of carbonyl (C=O) groups excluding carboxylic acids is 1. The van der Waals surface area contributed by atoms with E-state index in [1.165, 1.54) is 5.56 Å². The minimum Gasteiger partial charge on any atom is -0.486 e. The van der Waals surface area contributed by atoms with Gasteiger partial charge in [-0.05, 0) is 48.6 Å². The minimum absolute atomic E-state index is 0.0984. The topological polar surface area (TPSA) is 50.8 Å². The molecule has 0 bridgehead atoms. The summed E-state index contributed by atoms with van der Waals surface area (Å²) in [6.07, 6.45) is 1.91. The summed E-state index contributed by atoms with van der Waals surface area (Å²) in [5.41, 5.74) is 2.52. The smallest absolute Gasteiger partial charge is 0.234 e. The van der Waals surface area contributed by atoms with Gasteiger partial charge in [0.05, 0.1) is 6.54 Å². The Labute approximate surface area is 160 Å². The number of ether oxygens (including phenoxy) is 2. The Bertz CT molecular complexity index is 778. The molecule has 0 aliphatic carbocycles. The van der Waals surface area contributed by atoms with Crippen molar-refractivity contribution in [2.24, 2.45) is 0 Å². The van der Waals surface area contributed by atoms with E-state index in [1.807, 2.05) is 24.3 Å². The second-order valence-corrected chi connectivity index (χ2v) is 7.21. The Balaban J connectivity index is 1.20. The van der Waals surface area contributed by atoms with E-state index in [0.717, 1.165) is 43.0 Å². The van der Waals surface area contributed by atoms with Crippen LogP contribution in [0.3, 0.4) is 0 Å². The van der Waals surface area contributed by atoms with Gasteiger partial charge in [-0.2, -0.15) is 0 Å². The summed E-state index contributed by atoms with van der Waals surface area (Å²) in [6.45, 7) is 4.24. The first kappa shape index (κ1) is 17.9. The van der Waals surface area contributed by atoms with E-state index in [0.29, 0.717) is 32.2 Å². The van der Waals surface area contributed by atoms with Crippen molar-refractivity contribution < 1.29 is 14.3 Å². The van der Waals surface area contributed by atoms with Crippen LogP contribution in [-0.4, -0.2) is 50.2 Å². The highest BCUT2D eigenvalue weighted by molar-refractivity contribution is 5.78. The number of carbonyl (C=O) groups is 1. The van der Waals surface area contributed by atoms with Crippen LogP contribution in [0, 0.1) is 0 Å². The molecule has 27 heavy (non-hydrogen) atoms. The number of hydrogen-bond donors (Lipinski definition) is 1. The first-order valence-electron chi connectivity index (χ1n) is 9.70. The molecule has 2 aliphatic rings. The zero-order chi connectivity index (χ0) is 18.5. The molecule has 0 radical (unpaired) electrons. The molecule has 2 heterocycles. The van der Waals surface area contributed by atoms with Crippen LogP contribution in [0.25, 0.3) is 0 Å². The van der Waals surface area contributed by atoms with Crippen LogP contribution in [0.2, 0.25) is 0 Å². The molecular formula is C22H26N2O3. The molecule has 1 saturated heterocycles. The van der Waals surface area contributed by atoms with Gasteiger partial charge in [0.2, 0.25) is 5.91 Å². The van der Waals surface area contributed by atoms with E-state index >= 15 is 0 Å². The second kappa shape index (κ2) is 8.44. The van der Waals surface area contributed by atoms with Gasteiger partial charge in [0.1, 0.15) is 13.2 Å². The molecule has 2 aliphatic heterocycles. The summed E-state index contributed by atoms with van der Waals surface area (Å²) in [6, 6.07) is 16.6. The van der Waals surface area contributed by atoms with Gasteiger partial charge in [0, 0.05) is 13.1 Å². The molecule has 1 fully saturated rings. The Morgan fingerprint density at radius 2 is 1.89 bits per heavy atom. The molecule has 0 aromatic heterocycles. The van der Waals surface area contributed by atoms with Crippen molar-refractivity contribution in [3.05, 3.63) is 59.7 Å². The van der Waals surface area contributed by atoms with E-state index in [1.54, 1.807) is 0 Å². The molecular weight excluding hydrogens is 340 g/mol. The van der Waals surface area contributed by atoms with Crippen LogP contribution >= 0.6 is 0 Å². The highest BCUT2D eigenvalue weighted by Gasteiger charge is 2.24. The average molecular weight is 366 g/mol. The highest BCUT2D eigenvalue weighted by atomic mass is 16.6. The lowest BCUT2D eigenvalue weighted by molar-refractivity contribution is -0.121. The van der Waals surface area contributed by atoms with E-state index in [9.17, 15) is 4.79 Å². The summed E-state index contributed by atoms with van der Waals surface area (Å²) in [5.74, 6) is 2.24. The lowest BCUT2D eigenvalue weighted by atomic mass is 9.99. The first-order chi connectivity index (χ1) is 13.3. The van der Waals surface area contributed by atoms with Gasteiger partial charge < -0.3 is 14.8 Å². The van der Waals surface area contributed by atoms with Crippen LogP contribution in [0.1, 0.15) is 23.5 Å². The Kier molecular flexibility index (Phi) is 5.58. The van der Waals surface area contributed by atoms with E-state index < -0.39 is 0 Å². The molecule has 4 rings (SSSR count). The lowest BCUT2D eigenvalue weighted by Gasteiger charge is -2.19. The lowest BCUT2D eigenvalue weighted by Crippen LogP contribution is -2.36. The summed E-state index contributed by atoms with van der Waals surface area (Å²) < 4.78 is 11.1. The first-order valence-corrected chi connectivity index (χ1v) is 9.70. The standard InChI is InChI=1S/C22H26N2O3/c25-22(16-24-11-9-19(15-24)18-4-2-1-3-5-18)23-10-8-17-6-7-20-21(14-17)27-13-12-26-20/h1-7,14,19H,8-13,15-16H2,(H,23,25)/t19-/m0/s1. The molecule has 2 aromatic rings. The largest absolute Gasteiger partial charge is 0.486 e. The summed E-state index contributed by atoms with van der Waals surface area (Å²) in [7, 11) is 0. The summed E-state index contributed by atoms with van der Waals surface area (Å²) in [5, 5.41) is 3.04. The Morgan fingerprint density at radius 3 is 2.74 bits per heavy atom. The number of hydrogen-bond acceptors (Lipinski definition) is 4. The van der Waals surface area contributed by atoms with Crippen LogP contribution in [-0.2, 0) is 11.2 Å². The zero-order valence-corrected chi connectivity index (χ0v) is 15.5. The Morgan fingerprint density at radius 1 is 1.07 bits per heavy atom. The van der Waals surface area contributed by atoms with Gasteiger partial charge in [0.15, 0.2) is 11.5 Å². The number of fused-ring (bicyclic) bond motifs is 1. The van der Waals surface area contributed by atoms with E-state index in [2.05, 4.69) is 34.5 Å². The molecule has 1 N–H and O–H groups in total. The van der Waals surface area contributed by atoms with Crippen molar-refractivity contribution in [1.82, 2.24) is 10.2 Å². The van der Waals surface area contributed by atoms with Crippen LogP contribution in [0.5, 0.6) is 11.5 Å². The van der Waals surface area contributed by atoms with Gasteiger partial charge >= 0.3 is 0 Å². The monoisotopic (exact) mass is 366 g/mol. The molecule has 0 unspecified atom stereocenters. The molecule has 2 aromatic carbocycles. The van der Waals surface area contributed by atoms with Crippen molar-refractivity contribution >= 4 is 5.91 Å². The summed E-state index contributed by atoms with van der Waals surface area (Å²) >= 11 is 0. The predicted octanol–water partition coefficient (Wildman–Crippen LogP) is 2.61. The van der Waals surface area contributed by atoms with Gasteiger partial charge in [-0.3, -0.25) is 9.69 Å². The quantitative estimate of drug-likeness (QED) is 0.854. The van der Waals surface area contributed by atoms with Crippen molar-refractivity contribution in [3.63, 3.8) is 0 Å². The molecule has 142 valence electrons. The van der Waals surface area contributed by atoms with Crippen molar-refractivity contribution in [1.29, 1.82) is 0 Å². The molecule has 0 spiro atoms. The third-order valence-electron chi connectivity index (χ3n) is 5.25.